The van der Waals surface area contributed by atoms with Crippen LogP contribution in [0.5, 0.6) is 5.75 Å². The molecular formula is C15H22N2O3. The number of benzene rings is 1. The molecule has 1 N–H and O–H groups in total. The van der Waals surface area contributed by atoms with Gasteiger partial charge < -0.3 is 10.1 Å². The van der Waals surface area contributed by atoms with Crippen molar-refractivity contribution in [1.29, 1.82) is 0 Å². The van der Waals surface area contributed by atoms with Crippen molar-refractivity contribution in [1.82, 2.24) is 5.32 Å². The Morgan fingerprint density at radius 3 is 2.60 bits per heavy atom. The lowest BCUT2D eigenvalue weighted by Gasteiger charge is -2.23. The van der Waals surface area contributed by atoms with Crippen molar-refractivity contribution < 1.29 is 14.3 Å². The lowest BCUT2D eigenvalue weighted by molar-refractivity contribution is -0.123. The maximum absolute atomic E-state index is 11.8. The fraction of sp³-hybridized carbons (Fsp3) is 0.467. The molecular weight excluding hydrogens is 256 g/mol. The summed E-state index contributed by atoms with van der Waals surface area (Å²) in [4.78, 5) is 25.1. The summed E-state index contributed by atoms with van der Waals surface area (Å²) in [7, 11) is 1.55. The average molecular weight is 278 g/mol. The minimum atomic E-state index is -0.194. The highest BCUT2D eigenvalue weighted by atomic mass is 16.5. The van der Waals surface area contributed by atoms with Gasteiger partial charge >= 0.3 is 0 Å². The molecule has 1 rings (SSSR count). The molecule has 0 aliphatic rings. The van der Waals surface area contributed by atoms with Gasteiger partial charge in [-0.3, -0.25) is 14.5 Å². The van der Waals surface area contributed by atoms with Gasteiger partial charge in [-0.25, -0.2) is 0 Å². The quantitative estimate of drug-likeness (QED) is 0.864. The molecule has 0 atom stereocenters. The molecule has 0 saturated heterocycles. The molecule has 0 spiro atoms. The van der Waals surface area contributed by atoms with Crippen molar-refractivity contribution in [2.75, 3.05) is 25.1 Å². The van der Waals surface area contributed by atoms with E-state index in [4.69, 9.17) is 4.74 Å². The van der Waals surface area contributed by atoms with Gasteiger partial charge in [-0.15, -0.1) is 0 Å². The zero-order valence-electron chi connectivity index (χ0n) is 12.5. The second-order valence-corrected chi connectivity index (χ2v) is 4.63. The zero-order valence-corrected chi connectivity index (χ0v) is 12.5. The van der Waals surface area contributed by atoms with Gasteiger partial charge in [-0.1, -0.05) is 13.0 Å². The van der Waals surface area contributed by atoms with Crippen LogP contribution in [0.1, 0.15) is 25.8 Å². The fourth-order valence-electron chi connectivity index (χ4n) is 1.84. The van der Waals surface area contributed by atoms with Crippen LogP contribution in [0.4, 0.5) is 5.69 Å². The third-order valence-corrected chi connectivity index (χ3v) is 2.88. The van der Waals surface area contributed by atoms with E-state index in [1.54, 1.807) is 13.2 Å². The number of hydrogen-bond donors (Lipinski definition) is 1. The highest BCUT2D eigenvalue weighted by Gasteiger charge is 2.19. The number of rotatable bonds is 6. The second-order valence-electron chi connectivity index (χ2n) is 4.63. The number of amides is 2. The molecule has 0 fully saturated rings. The Morgan fingerprint density at radius 1 is 1.35 bits per heavy atom. The number of hydrogen-bond acceptors (Lipinski definition) is 3. The van der Waals surface area contributed by atoms with Crippen LogP contribution in [0, 0.1) is 6.92 Å². The topological polar surface area (TPSA) is 58.6 Å². The number of methoxy groups -OCH3 is 1. The van der Waals surface area contributed by atoms with E-state index in [0.29, 0.717) is 18.0 Å². The maximum Gasteiger partial charge on any atom is 0.240 e. The van der Waals surface area contributed by atoms with Crippen molar-refractivity contribution in [3.63, 3.8) is 0 Å². The lowest BCUT2D eigenvalue weighted by Crippen LogP contribution is -2.40. The molecule has 5 heteroatoms. The number of nitrogens with zero attached hydrogens (tertiary/aromatic N) is 1. The van der Waals surface area contributed by atoms with Gasteiger partial charge in [0.25, 0.3) is 0 Å². The summed E-state index contributed by atoms with van der Waals surface area (Å²) in [6, 6.07) is 5.54. The van der Waals surface area contributed by atoms with Crippen LogP contribution in [0.3, 0.4) is 0 Å². The molecule has 1 aromatic carbocycles. The summed E-state index contributed by atoms with van der Waals surface area (Å²) < 4.78 is 5.27. The van der Waals surface area contributed by atoms with Crippen LogP contribution in [0.25, 0.3) is 0 Å². The van der Waals surface area contributed by atoms with E-state index in [1.165, 1.54) is 11.8 Å². The Balaban J connectivity index is 2.99. The van der Waals surface area contributed by atoms with Crippen LogP contribution < -0.4 is 15.0 Å². The predicted molar refractivity (Wildman–Crippen MR) is 79.1 cm³/mol. The van der Waals surface area contributed by atoms with Crippen molar-refractivity contribution >= 4 is 17.5 Å². The molecule has 2 amide bonds. The van der Waals surface area contributed by atoms with Gasteiger partial charge in [0.2, 0.25) is 11.8 Å². The highest BCUT2D eigenvalue weighted by molar-refractivity contribution is 5.98. The van der Waals surface area contributed by atoms with Crippen molar-refractivity contribution in [3.05, 3.63) is 23.8 Å². The number of aryl methyl sites for hydroxylation is 1. The normalized spacial score (nSPS) is 10.0. The molecule has 1 aromatic rings. The van der Waals surface area contributed by atoms with Crippen LogP contribution >= 0.6 is 0 Å². The van der Waals surface area contributed by atoms with E-state index in [1.807, 2.05) is 26.0 Å². The molecule has 0 aromatic heterocycles. The second kappa shape index (κ2) is 7.53. The summed E-state index contributed by atoms with van der Waals surface area (Å²) in [6.07, 6.45) is 0.861. The Kier molecular flexibility index (Phi) is 6.03. The SMILES string of the molecule is CCCNC(=O)CN(C(C)=O)c1cc(C)ccc1OC. The molecule has 0 unspecified atom stereocenters. The van der Waals surface area contributed by atoms with Crippen LogP contribution in [0.2, 0.25) is 0 Å². The Morgan fingerprint density at radius 2 is 2.05 bits per heavy atom. The average Bonchev–Trinajstić information content (AvgIpc) is 2.42. The van der Waals surface area contributed by atoms with E-state index in [9.17, 15) is 9.59 Å². The monoisotopic (exact) mass is 278 g/mol. The maximum atomic E-state index is 11.8. The number of nitrogens with one attached hydrogen (secondary N) is 1. The van der Waals surface area contributed by atoms with E-state index in [-0.39, 0.29) is 18.4 Å². The molecule has 0 radical (unpaired) electrons. The smallest absolute Gasteiger partial charge is 0.240 e. The van der Waals surface area contributed by atoms with Gasteiger partial charge in [0.1, 0.15) is 12.3 Å². The van der Waals surface area contributed by atoms with Crippen LogP contribution in [-0.2, 0) is 9.59 Å². The summed E-state index contributed by atoms with van der Waals surface area (Å²) in [5.74, 6) is 0.209. The molecule has 0 aliphatic carbocycles. The molecule has 20 heavy (non-hydrogen) atoms. The number of ether oxygens (including phenoxy) is 1. The molecule has 0 bridgehead atoms. The zero-order chi connectivity index (χ0) is 15.1. The van der Waals surface area contributed by atoms with Crippen LogP contribution in [0.15, 0.2) is 18.2 Å². The van der Waals surface area contributed by atoms with E-state index in [2.05, 4.69) is 5.32 Å². The van der Waals surface area contributed by atoms with E-state index >= 15 is 0 Å². The lowest BCUT2D eigenvalue weighted by atomic mass is 10.2. The Labute approximate surface area is 119 Å². The van der Waals surface area contributed by atoms with Crippen molar-refractivity contribution in [3.8, 4) is 5.75 Å². The summed E-state index contributed by atoms with van der Waals surface area (Å²) in [5, 5.41) is 2.77. The minimum absolute atomic E-state index is 0.00481. The van der Waals surface area contributed by atoms with E-state index in [0.717, 1.165) is 12.0 Å². The fourth-order valence-corrected chi connectivity index (χ4v) is 1.84. The first kappa shape index (κ1) is 16.0. The van der Waals surface area contributed by atoms with Gasteiger partial charge in [-0.05, 0) is 31.0 Å². The Bertz CT molecular complexity index is 486. The molecule has 110 valence electrons. The molecule has 5 nitrogen and oxygen atoms in total. The highest BCUT2D eigenvalue weighted by Crippen LogP contribution is 2.29. The summed E-state index contributed by atoms with van der Waals surface area (Å²) in [5.41, 5.74) is 1.62. The van der Waals surface area contributed by atoms with Crippen molar-refractivity contribution in [2.24, 2.45) is 0 Å². The first-order valence-electron chi connectivity index (χ1n) is 6.69. The first-order chi connectivity index (χ1) is 9.49. The molecule has 0 aliphatic heterocycles. The van der Waals surface area contributed by atoms with Gasteiger partial charge in [-0.2, -0.15) is 0 Å². The Hall–Kier alpha value is -2.04. The number of carbonyl (C=O) groups excluding carboxylic acids is 2. The van der Waals surface area contributed by atoms with Crippen molar-refractivity contribution in [2.45, 2.75) is 27.2 Å². The minimum Gasteiger partial charge on any atom is -0.495 e. The van der Waals surface area contributed by atoms with Gasteiger partial charge in [0, 0.05) is 13.5 Å². The molecule has 0 saturated carbocycles. The third kappa shape index (κ3) is 4.26. The first-order valence-corrected chi connectivity index (χ1v) is 6.69. The van der Waals surface area contributed by atoms with E-state index < -0.39 is 0 Å². The number of carbonyl (C=O) groups is 2. The standard InChI is InChI=1S/C15H22N2O3/c1-5-8-16-15(19)10-17(12(3)18)13-9-11(2)6-7-14(13)20-4/h6-7,9H,5,8,10H2,1-4H3,(H,16,19). The third-order valence-electron chi connectivity index (χ3n) is 2.88. The van der Waals surface area contributed by atoms with Gasteiger partial charge in [0.15, 0.2) is 0 Å². The van der Waals surface area contributed by atoms with Crippen LogP contribution in [-0.4, -0.2) is 32.0 Å². The number of anilines is 1. The largest absolute Gasteiger partial charge is 0.495 e. The molecule has 0 heterocycles. The predicted octanol–water partition coefficient (Wildman–Crippen LogP) is 1.88. The summed E-state index contributed by atoms with van der Waals surface area (Å²) in [6.45, 7) is 5.95. The van der Waals surface area contributed by atoms with Gasteiger partial charge in [0.05, 0.1) is 12.8 Å². The summed E-state index contributed by atoms with van der Waals surface area (Å²) >= 11 is 0.